The van der Waals surface area contributed by atoms with E-state index in [9.17, 15) is 4.79 Å². The van der Waals surface area contributed by atoms with Crippen molar-refractivity contribution >= 4 is 17.7 Å². The van der Waals surface area contributed by atoms with Gasteiger partial charge in [-0.2, -0.15) is 0 Å². The molecule has 0 fully saturated rings. The van der Waals surface area contributed by atoms with Gasteiger partial charge >= 0.3 is 0 Å². The van der Waals surface area contributed by atoms with E-state index in [0.717, 1.165) is 0 Å². The van der Waals surface area contributed by atoms with Gasteiger partial charge in [-0.15, -0.1) is 11.8 Å². The van der Waals surface area contributed by atoms with E-state index in [1.54, 1.807) is 12.3 Å². The lowest BCUT2D eigenvalue weighted by Crippen LogP contribution is -2.11. The minimum Gasteiger partial charge on any atom is -0.365 e. The van der Waals surface area contributed by atoms with Crippen molar-refractivity contribution in [2.75, 3.05) is 6.26 Å². The normalized spacial score (nSPS) is 11.0. The van der Waals surface area contributed by atoms with Crippen LogP contribution in [0.2, 0.25) is 0 Å². The fourth-order valence-corrected chi connectivity index (χ4v) is 0.791. The first-order chi connectivity index (χ1) is 4.22. The third-order valence-corrected chi connectivity index (χ3v) is 1.51. The Labute approximate surface area is 58.8 Å². The molecule has 0 aliphatic carbocycles. The van der Waals surface area contributed by atoms with Gasteiger partial charge in [-0.1, -0.05) is 12.7 Å². The maximum absolute atomic E-state index is 10.4. The summed E-state index contributed by atoms with van der Waals surface area (Å²) in [6, 6.07) is 0. The minimum atomic E-state index is -0.401. The van der Waals surface area contributed by atoms with Crippen LogP contribution in [0.25, 0.3) is 0 Å². The van der Waals surface area contributed by atoms with Crippen molar-refractivity contribution in [3.63, 3.8) is 0 Å². The zero-order valence-electron chi connectivity index (χ0n) is 5.26. The van der Waals surface area contributed by atoms with Gasteiger partial charge < -0.3 is 5.73 Å². The Morgan fingerprint density at radius 2 is 2.33 bits per heavy atom. The van der Waals surface area contributed by atoms with Crippen LogP contribution in [0.15, 0.2) is 23.6 Å². The smallest absolute Gasteiger partial charge is 0.255 e. The Hall–Kier alpha value is -0.700. The fourth-order valence-electron chi connectivity index (χ4n) is 0.358. The zero-order chi connectivity index (χ0) is 7.28. The lowest BCUT2D eigenvalue weighted by molar-refractivity contribution is -0.113. The SMILES string of the molecule is C=C/C=C(\SC)C(N)=O. The summed E-state index contributed by atoms with van der Waals surface area (Å²) in [4.78, 5) is 10.9. The second kappa shape index (κ2) is 4.21. The highest BCUT2D eigenvalue weighted by Crippen LogP contribution is 2.09. The zero-order valence-corrected chi connectivity index (χ0v) is 6.07. The molecule has 0 aromatic heterocycles. The van der Waals surface area contributed by atoms with Gasteiger partial charge in [0.1, 0.15) is 0 Å². The second-order valence-electron chi connectivity index (χ2n) is 1.33. The maximum atomic E-state index is 10.4. The Morgan fingerprint density at radius 1 is 1.78 bits per heavy atom. The van der Waals surface area contributed by atoms with Crippen LogP contribution in [0, 0.1) is 0 Å². The number of hydrogen-bond donors (Lipinski definition) is 1. The van der Waals surface area contributed by atoms with Crippen molar-refractivity contribution in [3.8, 4) is 0 Å². The summed E-state index contributed by atoms with van der Waals surface area (Å²) in [7, 11) is 0. The number of hydrogen-bond acceptors (Lipinski definition) is 2. The third-order valence-electron chi connectivity index (χ3n) is 0.732. The molecule has 0 aliphatic rings. The summed E-state index contributed by atoms with van der Waals surface area (Å²) in [5.41, 5.74) is 4.96. The summed E-state index contributed by atoms with van der Waals surface area (Å²) in [6.07, 6.45) is 4.92. The molecule has 0 rings (SSSR count). The summed E-state index contributed by atoms with van der Waals surface area (Å²) >= 11 is 1.32. The molecule has 0 unspecified atom stereocenters. The van der Waals surface area contributed by atoms with Gasteiger partial charge in [0.15, 0.2) is 0 Å². The maximum Gasteiger partial charge on any atom is 0.255 e. The van der Waals surface area contributed by atoms with Crippen LogP contribution < -0.4 is 5.73 Å². The first kappa shape index (κ1) is 8.30. The van der Waals surface area contributed by atoms with Crippen LogP contribution >= 0.6 is 11.8 Å². The Kier molecular flexibility index (Phi) is 3.88. The van der Waals surface area contributed by atoms with Crippen molar-refractivity contribution in [3.05, 3.63) is 23.6 Å². The number of primary amides is 1. The van der Waals surface area contributed by atoms with Gasteiger partial charge in [0, 0.05) is 0 Å². The molecule has 0 aromatic carbocycles. The van der Waals surface area contributed by atoms with E-state index in [-0.39, 0.29) is 0 Å². The molecule has 0 saturated carbocycles. The number of allylic oxidation sites excluding steroid dienone is 2. The molecule has 2 N–H and O–H groups in total. The highest BCUT2D eigenvalue weighted by Gasteiger charge is 1.98. The summed E-state index contributed by atoms with van der Waals surface area (Å²) in [6.45, 7) is 3.43. The lowest BCUT2D eigenvalue weighted by atomic mass is 10.5. The quantitative estimate of drug-likeness (QED) is 0.471. The number of nitrogens with two attached hydrogens (primary N) is 1. The van der Waals surface area contributed by atoms with Gasteiger partial charge in [0.25, 0.3) is 5.91 Å². The van der Waals surface area contributed by atoms with Crippen LogP contribution in [0.1, 0.15) is 0 Å². The number of rotatable bonds is 3. The predicted molar refractivity (Wildman–Crippen MR) is 41.0 cm³/mol. The average molecular weight is 143 g/mol. The number of thioether (sulfide) groups is 1. The van der Waals surface area contributed by atoms with E-state index >= 15 is 0 Å². The molecule has 3 heteroatoms. The van der Waals surface area contributed by atoms with Gasteiger partial charge in [0.2, 0.25) is 0 Å². The van der Waals surface area contributed by atoms with E-state index in [0.29, 0.717) is 4.91 Å². The third kappa shape index (κ3) is 2.98. The topological polar surface area (TPSA) is 43.1 Å². The number of carbonyl (C=O) groups is 1. The van der Waals surface area contributed by atoms with E-state index in [1.807, 2.05) is 0 Å². The van der Waals surface area contributed by atoms with Crippen molar-refractivity contribution in [2.24, 2.45) is 5.73 Å². The first-order valence-corrected chi connectivity index (χ1v) is 3.61. The average Bonchev–Trinajstić information content (AvgIpc) is 1.82. The van der Waals surface area contributed by atoms with Crippen molar-refractivity contribution < 1.29 is 4.79 Å². The Morgan fingerprint density at radius 3 is 2.44 bits per heavy atom. The second-order valence-corrected chi connectivity index (χ2v) is 2.18. The molecule has 0 saturated heterocycles. The summed E-state index contributed by atoms with van der Waals surface area (Å²) in [5, 5.41) is 0. The summed E-state index contributed by atoms with van der Waals surface area (Å²) in [5.74, 6) is -0.401. The van der Waals surface area contributed by atoms with Crippen molar-refractivity contribution in [1.29, 1.82) is 0 Å². The largest absolute Gasteiger partial charge is 0.365 e. The lowest BCUT2D eigenvalue weighted by Gasteiger charge is -1.92. The summed E-state index contributed by atoms with van der Waals surface area (Å²) < 4.78 is 0. The highest BCUT2D eigenvalue weighted by molar-refractivity contribution is 8.03. The molecule has 0 aromatic rings. The van der Waals surface area contributed by atoms with Crippen LogP contribution in [0.5, 0.6) is 0 Å². The van der Waals surface area contributed by atoms with E-state index in [4.69, 9.17) is 5.73 Å². The molecule has 0 aliphatic heterocycles. The van der Waals surface area contributed by atoms with Crippen LogP contribution in [-0.4, -0.2) is 12.2 Å². The number of carbonyl (C=O) groups excluding carboxylic acids is 1. The predicted octanol–water partition coefficient (Wildman–Crippen LogP) is 0.905. The van der Waals surface area contributed by atoms with E-state index in [2.05, 4.69) is 6.58 Å². The molecule has 0 radical (unpaired) electrons. The molecule has 0 spiro atoms. The molecular weight excluding hydrogens is 134 g/mol. The molecule has 50 valence electrons. The number of amides is 1. The fraction of sp³-hybridized carbons (Fsp3) is 0.167. The van der Waals surface area contributed by atoms with E-state index in [1.165, 1.54) is 17.8 Å². The monoisotopic (exact) mass is 143 g/mol. The van der Waals surface area contributed by atoms with Gasteiger partial charge in [-0.05, 0) is 12.3 Å². The van der Waals surface area contributed by atoms with Gasteiger partial charge in [-0.3, -0.25) is 4.79 Å². The standard InChI is InChI=1S/C6H9NOS/c1-3-4-5(9-2)6(7)8/h3-4H,1H2,2H3,(H2,7,8)/b5-4-. The molecule has 0 bridgehead atoms. The molecule has 0 atom stereocenters. The van der Waals surface area contributed by atoms with Gasteiger partial charge in [0.05, 0.1) is 4.91 Å². The van der Waals surface area contributed by atoms with Crippen LogP contribution in [-0.2, 0) is 4.79 Å². The minimum absolute atomic E-state index is 0.401. The van der Waals surface area contributed by atoms with Crippen LogP contribution in [0.4, 0.5) is 0 Å². The van der Waals surface area contributed by atoms with Gasteiger partial charge in [-0.25, -0.2) is 0 Å². The molecule has 9 heavy (non-hydrogen) atoms. The Balaban J connectivity index is 4.14. The molecule has 1 amide bonds. The van der Waals surface area contributed by atoms with Crippen molar-refractivity contribution in [2.45, 2.75) is 0 Å². The molecule has 0 heterocycles. The molecular formula is C6H9NOS. The molecule has 2 nitrogen and oxygen atoms in total. The Bertz CT molecular complexity index is 151. The van der Waals surface area contributed by atoms with E-state index < -0.39 is 5.91 Å². The van der Waals surface area contributed by atoms with Crippen molar-refractivity contribution in [1.82, 2.24) is 0 Å². The van der Waals surface area contributed by atoms with Crippen LogP contribution in [0.3, 0.4) is 0 Å². The highest BCUT2D eigenvalue weighted by atomic mass is 32.2. The first-order valence-electron chi connectivity index (χ1n) is 2.39.